The maximum absolute atomic E-state index is 11.7. The number of carbonyl (C=O) groups is 1. The van der Waals surface area contributed by atoms with Gasteiger partial charge < -0.3 is 4.74 Å². The van der Waals surface area contributed by atoms with E-state index in [9.17, 15) is 4.79 Å². The first kappa shape index (κ1) is 27.5. The number of esters is 1. The summed E-state index contributed by atoms with van der Waals surface area (Å²) in [6, 6.07) is 0. The second-order valence-electron chi connectivity index (χ2n) is 9.64. The Labute approximate surface area is 177 Å². The molecule has 0 saturated carbocycles. The molecular formula is C26H52O2. The number of rotatable bonds is 21. The Bertz CT molecular complexity index is 322. The molecule has 0 unspecified atom stereocenters. The number of hydrogen-bond donors (Lipinski definition) is 0. The fourth-order valence-electron chi connectivity index (χ4n) is 3.68. The maximum Gasteiger partial charge on any atom is 0.305 e. The number of hydrogen-bond acceptors (Lipinski definition) is 2. The molecule has 2 heteroatoms. The van der Waals surface area contributed by atoms with E-state index >= 15 is 0 Å². The van der Waals surface area contributed by atoms with Crippen LogP contribution in [0.1, 0.15) is 143 Å². The highest BCUT2D eigenvalue weighted by Gasteiger charge is 2.03. The molecule has 0 radical (unpaired) electrons. The molecule has 0 aromatic rings. The predicted molar refractivity (Wildman–Crippen MR) is 124 cm³/mol. The van der Waals surface area contributed by atoms with E-state index < -0.39 is 0 Å². The van der Waals surface area contributed by atoms with Crippen LogP contribution in [0.4, 0.5) is 0 Å². The normalized spacial score (nSPS) is 11.5. The average Bonchev–Trinajstić information content (AvgIpc) is 2.64. The molecule has 0 fully saturated rings. The van der Waals surface area contributed by atoms with Gasteiger partial charge in [0.05, 0.1) is 6.61 Å². The summed E-state index contributed by atoms with van der Waals surface area (Å²) in [5.74, 6) is 1.71. The summed E-state index contributed by atoms with van der Waals surface area (Å²) in [5.41, 5.74) is 0. The van der Waals surface area contributed by atoms with Crippen molar-refractivity contribution < 1.29 is 9.53 Å². The summed E-state index contributed by atoms with van der Waals surface area (Å²) in [4.78, 5) is 11.7. The Kier molecular flexibility index (Phi) is 20.8. The molecule has 0 aromatic heterocycles. The van der Waals surface area contributed by atoms with Gasteiger partial charge in [-0.25, -0.2) is 0 Å². The van der Waals surface area contributed by atoms with Crippen molar-refractivity contribution in [3.05, 3.63) is 0 Å². The largest absolute Gasteiger partial charge is 0.466 e. The molecule has 0 atom stereocenters. The number of ether oxygens (including phenoxy) is 1. The molecule has 2 nitrogen and oxygen atoms in total. The van der Waals surface area contributed by atoms with Gasteiger partial charge in [-0.1, -0.05) is 124 Å². The molecule has 0 aliphatic rings. The molecule has 0 aromatic carbocycles. The summed E-state index contributed by atoms with van der Waals surface area (Å²) >= 11 is 0. The standard InChI is InChI=1S/C26H52O2/c1-24(2)20-16-12-8-6-5-7-9-14-18-22-26(27)28-23-19-15-11-10-13-17-21-25(3)4/h24-25H,5-23H2,1-4H3. The zero-order chi connectivity index (χ0) is 20.9. The highest BCUT2D eigenvalue weighted by atomic mass is 16.5. The van der Waals surface area contributed by atoms with E-state index in [1.807, 2.05) is 0 Å². The third-order valence-corrected chi connectivity index (χ3v) is 5.60. The maximum atomic E-state index is 11.7. The Morgan fingerprint density at radius 3 is 1.32 bits per heavy atom. The van der Waals surface area contributed by atoms with Crippen molar-refractivity contribution in [1.82, 2.24) is 0 Å². The van der Waals surface area contributed by atoms with Gasteiger partial charge in [0.1, 0.15) is 0 Å². The van der Waals surface area contributed by atoms with Crippen LogP contribution in [0, 0.1) is 11.8 Å². The fourth-order valence-corrected chi connectivity index (χ4v) is 3.68. The summed E-state index contributed by atoms with van der Waals surface area (Å²) in [7, 11) is 0. The van der Waals surface area contributed by atoms with Gasteiger partial charge in [-0.2, -0.15) is 0 Å². The van der Waals surface area contributed by atoms with Gasteiger partial charge >= 0.3 is 5.97 Å². The van der Waals surface area contributed by atoms with E-state index in [0.29, 0.717) is 13.0 Å². The van der Waals surface area contributed by atoms with E-state index in [1.165, 1.54) is 96.3 Å². The first-order valence-corrected chi connectivity index (χ1v) is 12.7. The number of carbonyl (C=O) groups excluding carboxylic acids is 1. The van der Waals surface area contributed by atoms with Crippen LogP contribution in [-0.4, -0.2) is 12.6 Å². The van der Waals surface area contributed by atoms with E-state index in [0.717, 1.165) is 24.7 Å². The molecule has 28 heavy (non-hydrogen) atoms. The zero-order valence-corrected chi connectivity index (χ0v) is 19.9. The first-order chi connectivity index (χ1) is 13.5. The van der Waals surface area contributed by atoms with Crippen LogP contribution in [0.2, 0.25) is 0 Å². The minimum absolute atomic E-state index is 0.0158. The first-order valence-electron chi connectivity index (χ1n) is 12.7. The van der Waals surface area contributed by atoms with E-state index in [-0.39, 0.29) is 5.97 Å². The second kappa shape index (κ2) is 21.2. The summed E-state index contributed by atoms with van der Waals surface area (Å²) in [6.07, 6.45) is 22.7. The van der Waals surface area contributed by atoms with Crippen LogP contribution < -0.4 is 0 Å². The molecule has 0 aliphatic carbocycles. The Balaban J connectivity index is 3.17. The minimum atomic E-state index is 0.0158. The van der Waals surface area contributed by atoms with Crippen LogP contribution in [0.5, 0.6) is 0 Å². The van der Waals surface area contributed by atoms with Gasteiger partial charge in [-0.05, 0) is 24.7 Å². The molecule has 168 valence electrons. The summed E-state index contributed by atoms with van der Waals surface area (Å²) in [5, 5.41) is 0. The van der Waals surface area contributed by atoms with Crippen molar-refractivity contribution in [2.45, 2.75) is 143 Å². The van der Waals surface area contributed by atoms with Gasteiger partial charge in [0.2, 0.25) is 0 Å². The predicted octanol–water partition coefficient (Wildman–Crippen LogP) is 8.86. The molecular weight excluding hydrogens is 344 g/mol. The van der Waals surface area contributed by atoms with Crippen molar-refractivity contribution in [1.29, 1.82) is 0 Å². The van der Waals surface area contributed by atoms with Gasteiger partial charge in [0.25, 0.3) is 0 Å². The minimum Gasteiger partial charge on any atom is -0.466 e. The molecule has 0 amide bonds. The second-order valence-corrected chi connectivity index (χ2v) is 9.64. The van der Waals surface area contributed by atoms with E-state index in [4.69, 9.17) is 4.74 Å². The van der Waals surface area contributed by atoms with Gasteiger partial charge in [-0.15, -0.1) is 0 Å². The van der Waals surface area contributed by atoms with Crippen LogP contribution in [0.15, 0.2) is 0 Å². The Morgan fingerprint density at radius 2 is 0.893 bits per heavy atom. The average molecular weight is 397 g/mol. The lowest BCUT2D eigenvalue weighted by Gasteiger charge is -2.06. The van der Waals surface area contributed by atoms with Gasteiger partial charge in [0.15, 0.2) is 0 Å². The van der Waals surface area contributed by atoms with Crippen molar-refractivity contribution >= 4 is 5.97 Å². The monoisotopic (exact) mass is 396 g/mol. The Morgan fingerprint density at radius 1 is 0.536 bits per heavy atom. The zero-order valence-electron chi connectivity index (χ0n) is 19.9. The van der Waals surface area contributed by atoms with Crippen molar-refractivity contribution in [2.24, 2.45) is 11.8 Å². The third kappa shape index (κ3) is 23.5. The lowest BCUT2D eigenvalue weighted by molar-refractivity contribution is -0.143. The van der Waals surface area contributed by atoms with Crippen LogP contribution in [0.25, 0.3) is 0 Å². The SMILES string of the molecule is CC(C)CCCCCCCCCCCC(=O)OCCCCCCCCC(C)C. The fraction of sp³-hybridized carbons (Fsp3) is 0.962. The smallest absolute Gasteiger partial charge is 0.305 e. The lowest BCUT2D eigenvalue weighted by Crippen LogP contribution is -2.05. The van der Waals surface area contributed by atoms with Crippen LogP contribution in [0.3, 0.4) is 0 Å². The topological polar surface area (TPSA) is 26.3 Å². The van der Waals surface area contributed by atoms with Crippen molar-refractivity contribution in [3.63, 3.8) is 0 Å². The highest BCUT2D eigenvalue weighted by molar-refractivity contribution is 5.69. The van der Waals surface area contributed by atoms with E-state index in [2.05, 4.69) is 27.7 Å². The molecule has 0 heterocycles. The molecule has 0 bridgehead atoms. The van der Waals surface area contributed by atoms with E-state index in [1.54, 1.807) is 0 Å². The molecule has 0 aliphatic heterocycles. The van der Waals surface area contributed by atoms with Crippen molar-refractivity contribution in [2.75, 3.05) is 6.61 Å². The van der Waals surface area contributed by atoms with Crippen LogP contribution >= 0.6 is 0 Å². The Hall–Kier alpha value is -0.530. The number of unbranched alkanes of at least 4 members (excludes halogenated alkanes) is 13. The quantitative estimate of drug-likeness (QED) is 0.143. The lowest BCUT2D eigenvalue weighted by atomic mass is 10.0. The molecule has 0 rings (SSSR count). The van der Waals surface area contributed by atoms with Gasteiger partial charge in [-0.3, -0.25) is 4.79 Å². The summed E-state index contributed by atoms with van der Waals surface area (Å²) < 4.78 is 5.36. The van der Waals surface area contributed by atoms with Crippen molar-refractivity contribution in [3.8, 4) is 0 Å². The third-order valence-electron chi connectivity index (χ3n) is 5.60. The summed E-state index contributed by atoms with van der Waals surface area (Å²) in [6.45, 7) is 9.84. The van der Waals surface area contributed by atoms with Crippen LogP contribution in [-0.2, 0) is 9.53 Å². The van der Waals surface area contributed by atoms with Gasteiger partial charge in [0, 0.05) is 6.42 Å². The molecule has 0 spiro atoms. The highest BCUT2D eigenvalue weighted by Crippen LogP contribution is 2.14. The molecule has 0 N–H and O–H groups in total. The molecule has 0 saturated heterocycles.